The van der Waals surface area contributed by atoms with Gasteiger partial charge in [-0.3, -0.25) is 14.5 Å². The van der Waals surface area contributed by atoms with Crippen LogP contribution in [0, 0.1) is 0 Å². The van der Waals surface area contributed by atoms with Crippen LogP contribution < -0.4 is 20.1 Å². The van der Waals surface area contributed by atoms with Crippen LogP contribution in [0.5, 0.6) is 17.2 Å². The maximum absolute atomic E-state index is 14.3. The van der Waals surface area contributed by atoms with E-state index in [9.17, 15) is 27.6 Å². The Hall–Kier alpha value is -4.85. The second-order valence-electron chi connectivity index (χ2n) is 14.2. The van der Waals surface area contributed by atoms with E-state index in [0.29, 0.717) is 55.5 Å². The van der Waals surface area contributed by atoms with E-state index in [0.717, 1.165) is 17.2 Å². The van der Waals surface area contributed by atoms with E-state index in [1.54, 1.807) is 50.1 Å². The number of fused-ring (bicyclic) bond motifs is 4. The largest absolute Gasteiger partial charge is 0.487 e. The van der Waals surface area contributed by atoms with Gasteiger partial charge in [-0.2, -0.15) is 13.2 Å². The van der Waals surface area contributed by atoms with Gasteiger partial charge >= 0.3 is 12.3 Å². The van der Waals surface area contributed by atoms with E-state index in [-0.39, 0.29) is 41.6 Å². The summed E-state index contributed by atoms with van der Waals surface area (Å²) in [6, 6.07) is 10.1. The zero-order valence-corrected chi connectivity index (χ0v) is 28.1. The molecule has 1 aliphatic carbocycles. The lowest BCUT2D eigenvalue weighted by molar-refractivity contribution is -0.138. The number of hydrogen-bond acceptors (Lipinski definition) is 8. The number of carbonyl (C=O) groups excluding carboxylic acids is 3. The molecule has 0 radical (unpaired) electrons. The molecule has 11 nitrogen and oxygen atoms in total. The SMILES string of the molecule is CC1CN(Cc2ccc(C(=O)N[C@@H]3[C@H]4Oc5ccc(Oc6ccnc7c6CCC(=O)N7)cc5[C@@H]34)cc2C(F)(F)F)CCN1C(=O)OC(C)(C)C. The minimum atomic E-state index is -4.68. The molecule has 3 amide bonds. The van der Waals surface area contributed by atoms with Crippen molar-refractivity contribution in [3.63, 3.8) is 0 Å². The van der Waals surface area contributed by atoms with Crippen LogP contribution in [-0.2, 0) is 28.7 Å². The molecular formula is C36H38F3N5O6. The minimum Gasteiger partial charge on any atom is -0.487 e. The highest BCUT2D eigenvalue weighted by molar-refractivity contribution is 5.95. The summed E-state index contributed by atoms with van der Waals surface area (Å²) >= 11 is 0. The third-order valence-electron chi connectivity index (χ3n) is 9.37. The number of anilines is 1. The fraction of sp³-hybridized carbons (Fsp3) is 0.444. The molecule has 1 saturated heterocycles. The predicted octanol–water partition coefficient (Wildman–Crippen LogP) is 5.88. The van der Waals surface area contributed by atoms with E-state index >= 15 is 0 Å². The molecule has 4 aliphatic rings. The molecule has 3 aliphatic heterocycles. The van der Waals surface area contributed by atoms with Gasteiger partial charge < -0.3 is 29.7 Å². The highest BCUT2D eigenvalue weighted by atomic mass is 19.4. The zero-order chi connectivity index (χ0) is 35.5. The van der Waals surface area contributed by atoms with Gasteiger partial charge in [0.2, 0.25) is 5.91 Å². The van der Waals surface area contributed by atoms with Gasteiger partial charge in [-0.05, 0) is 76.1 Å². The third-order valence-corrected chi connectivity index (χ3v) is 9.37. The molecule has 2 aromatic carbocycles. The Balaban J connectivity index is 1.00. The number of amides is 3. The predicted molar refractivity (Wildman–Crippen MR) is 175 cm³/mol. The molecule has 1 aromatic heterocycles. The summed E-state index contributed by atoms with van der Waals surface area (Å²) in [5.74, 6) is 1.36. The van der Waals surface area contributed by atoms with Gasteiger partial charge in [-0.15, -0.1) is 0 Å². The van der Waals surface area contributed by atoms with Crippen molar-refractivity contribution < 1.29 is 41.8 Å². The first-order valence-electron chi connectivity index (χ1n) is 16.6. The maximum Gasteiger partial charge on any atom is 0.416 e. The molecule has 50 heavy (non-hydrogen) atoms. The summed E-state index contributed by atoms with van der Waals surface area (Å²) < 4.78 is 60.6. The second kappa shape index (κ2) is 12.5. The summed E-state index contributed by atoms with van der Waals surface area (Å²) in [5.41, 5.74) is 0.0736. The van der Waals surface area contributed by atoms with Crippen LogP contribution in [0.4, 0.5) is 23.8 Å². The molecule has 1 unspecified atom stereocenters. The number of piperazine rings is 1. The molecular weight excluding hydrogens is 655 g/mol. The molecule has 0 spiro atoms. The number of rotatable bonds is 6. The smallest absolute Gasteiger partial charge is 0.416 e. The average Bonchev–Trinajstić information content (AvgIpc) is 3.55. The number of alkyl halides is 3. The van der Waals surface area contributed by atoms with Crippen molar-refractivity contribution in [1.82, 2.24) is 20.1 Å². The Bertz CT molecular complexity index is 1860. The number of halogens is 3. The Labute approximate surface area is 287 Å². The molecule has 7 rings (SSSR count). The highest BCUT2D eigenvalue weighted by Gasteiger charge is 2.60. The Kier molecular flexibility index (Phi) is 8.40. The monoisotopic (exact) mass is 693 g/mol. The van der Waals surface area contributed by atoms with Crippen LogP contribution >= 0.6 is 0 Å². The first-order valence-corrected chi connectivity index (χ1v) is 16.6. The van der Waals surface area contributed by atoms with E-state index in [1.165, 1.54) is 12.1 Å². The van der Waals surface area contributed by atoms with Crippen LogP contribution in [0.3, 0.4) is 0 Å². The maximum atomic E-state index is 14.3. The van der Waals surface area contributed by atoms with E-state index in [2.05, 4.69) is 15.6 Å². The number of benzene rings is 2. The van der Waals surface area contributed by atoms with E-state index < -0.39 is 35.4 Å². The first kappa shape index (κ1) is 33.6. The van der Waals surface area contributed by atoms with Gasteiger partial charge in [0.05, 0.1) is 17.5 Å². The normalized spacial score (nSPS) is 22.8. The fourth-order valence-electron chi connectivity index (χ4n) is 6.92. The molecule has 1 saturated carbocycles. The van der Waals surface area contributed by atoms with E-state index in [1.807, 2.05) is 17.9 Å². The number of carbonyl (C=O) groups is 3. The van der Waals surface area contributed by atoms with Crippen LogP contribution in [0.15, 0.2) is 48.7 Å². The van der Waals surface area contributed by atoms with Crippen molar-refractivity contribution in [1.29, 1.82) is 0 Å². The van der Waals surface area contributed by atoms with Crippen LogP contribution in [0.1, 0.15) is 72.6 Å². The van der Waals surface area contributed by atoms with Crippen molar-refractivity contribution >= 4 is 23.7 Å². The number of nitrogens with zero attached hydrogens (tertiary/aromatic N) is 3. The lowest BCUT2D eigenvalue weighted by Gasteiger charge is -2.40. The van der Waals surface area contributed by atoms with Gasteiger partial charge in [0.1, 0.15) is 34.8 Å². The quantitative estimate of drug-likeness (QED) is 0.329. The molecule has 2 N–H and O–H groups in total. The Morgan fingerprint density at radius 1 is 1.08 bits per heavy atom. The van der Waals surface area contributed by atoms with Crippen molar-refractivity contribution in [2.24, 2.45) is 0 Å². The van der Waals surface area contributed by atoms with Crippen LogP contribution in [0.2, 0.25) is 0 Å². The topological polar surface area (TPSA) is 122 Å². The zero-order valence-electron chi connectivity index (χ0n) is 28.1. The van der Waals surface area contributed by atoms with Crippen LogP contribution in [0.25, 0.3) is 0 Å². The molecule has 2 fully saturated rings. The van der Waals surface area contributed by atoms with E-state index in [4.69, 9.17) is 14.2 Å². The molecule has 4 heterocycles. The molecule has 4 atom stereocenters. The van der Waals surface area contributed by atoms with Crippen molar-refractivity contribution in [3.05, 3.63) is 76.5 Å². The molecule has 3 aromatic rings. The third kappa shape index (κ3) is 6.80. The summed E-state index contributed by atoms with van der Waals surface area (Å²) in [6.45, 7) is 8.28. The summed E-state index contributed by atoms with van der Waals surface area (Å²) in [7, 11) is 0. The van der Waals surface area contributed by atoms with Crippen molar-refractivity contribution in [2.75, 3.05) is 25.0 Å². The number of nitrogens with one attached hydrogen (secondary N) is 2. The van der Waals surface area contributed by atoms with Gasteiger partial charge in [0, 0.05) is 61.5 Å². The molecule has 264 valence electrons. The Morgan fingerprint density at radius 3 is 2.62 bits per heavy atom. The van der Waals surface area contributed by atoms with Crippen LogP contribution in [-0.4, -0.2) is 76.1 Å². The summed E-state index contributed by atoms with van der Waals surface area (Å²) in [5, 5.41) is 5.62. The van der Waals surface area contributed by atoms with Gasteiger partial charge in [-0.25, -0.2) is 9.78 Å². The number of pyridine rings is 1. The second-order valence-corrected chi connectivity index (χ2v) is 14.2. The van der Waals surface area contributed by atoms with Crippen molar-refractivity contribution in [3.8, 4) is 17.2 Å². The number of hydrogen-bond donors (Lipinski definition) is 2. The molecule has 0 bridgehead atoms. The van der Waals surface area contributed by atoms with Gasteiger partial charge in [0.25, 0.3) is 5.91 Å². The summed E-state index contributed by atoms with van der Waals surface area (Å²) in [6.07, 6.45) is -3.07. The highest BCUT2D eigenvalue weighted by Crippen LogP contribution is 2.54. The standard InChI is InChI=1S/C36H38F3N5O6/c1-19-17-43(13-14-44(19)34(47)50-35(2,3)4)18-21-6-5-20(15-25(21)36(37,38)39)33(46)42-30-29-24-16-22(7-9-26(24)49-31(29)30)48-27-11-12-40-32-23(27)8-10-28(45)41-32/h5-7,9,11-12,15-16,19,29-31H,8,10,13-14,17-18H2,1-4H3,(H,42,46)(H,40,41,45)/t19?,29-,30-,31-/m0/s1. The Morgan fingerprint density at radius 2 is 1.88 bits per heavy atom. The summed E-state index contributed by atoms with van der Waals surface area (Å²) in [4.78, 5) is 45.3. The molecule has 14 heteroatoms. The lowest BCUT2D eigenvalue weighted by Crippen LogP contribution is -2.54. The number of ether oxygens (including phenoxy) is 3. The first-order chi connectivity index (χ1) is 23.6. The van der Waals surface area contributed by atoms with Gasteiger partial charge in [-0.1, -0.05) is 6.07 Å². The van der Waals surface area contributed by atoms with Gasteiger partial charge in [0.15, 0.2) is 0 Å². The average molecular weight is 694 g/mol. The van der Waals surface area contributed by atoms with Crippen molar-refractivity contribution in [2.45, 2.75) is 83.0 Å². The fourth-order valence-corrected chi connectivity index (χ4v) is 6.92. The number of aromatic nitrogens is 1. The minimum absolute atomic E-state index is 0.0159. The lowest BCUT2D eigenvalue weighted by atomic mass is 10.0.